The predicted molar refractivity (Wildman–Crippen MR) is 129 cm³/mol. The first-order chi connectivity index (χ1) is 16.0. The van der Waals surface area contributed by atoms with Gasteiger partial charge in [-0.1, -0.05) is 31.5 Å². The molecule has 1 heterocycles. The van der Waals surface area contributed by atoms with Crippen LogP contribution in [0.2, 0.25) is 0 Å². The highest BCUT2D eigenvalue weighted by atomic mass is 32.2. The van der Waals surface area contributed by atoms with E-state index in [0.717, 1.165) is 37.0 Å². The molecule has 0 aromatic heterocycles. The smallest absolute Gasteiger partial charge is 0.407 e. The molecular weight excluding hydrogens is 461 g/mol. The zero-order valence-electron chi connectivity index (χ0n) is 19.4. The van der Waals surface area contributed by atoms with Crippen LogP contribution in [0.4, 0.5) is 5.69 Å². The predicted octanol–water partition coefficient (Wildman–Crippen LogP) is 5.57. The Labute approximate surface area is 199 Å². The molecule has 0 spiro atoms. The Morgan fingerprint density at radius 2 is 1.67 bits per heavy atom. The van der Waals surface area contributed by atoms with Crippen LogP contribution in [0.3, 0.4) is 0 Å². The Kier molecular flexibility index (Phi) is 7.69. The number of hydrogen-bond donors (Lipinski definition) is 0. The normalized spacial score (nSPS) is 27.5. The fraction of sp³-hybridized carbons (Fsp3) is 0.583. The molecule has 180 valence electrons. The second-order valence-corrected chi connectivity index (χ2v) is 11.4. The number of benzene rings is 1. The topological polar surface area (TPSA) is 82.1 Å². The van der Waals surface area contributed by atoms with Crippen LogP contribution in [-0.4, -0.2) is 36.0 Å². The van der Waals surface area contributed by atoms with Gasteiger partial charge in [0.1, 0.15) is 5.76 Å². The molecule has 7 nitrogen and oxygen atoms in total. The van der Waals surface area contributed by atoms with E-state index in [-0.39, 0.29) is 30.9 Å². The van der Waals surface area contributed by atoms with Gasteiger partial charge in [0, 0.05) is 0 Å². The van der Waals surface area contributed by atoms with E-state index in [0.29, 0.717) is 11.4 Å². The maximum Gasteiger partial charge on any atom is 0.529 e. The number of carbonyl (C=O) groups excluding carboxylic acids is 2. The number of phosphoric ester groups is 1. The molecule has 0 N–H and O–H groups in total. The highest BCUT2D eigenvalue weighted by molar-refractivity contribution is 8.00. The number of para-hydroxylation sites is 1. The number of allylic oxidation sites excluding steroid dienone is 1. The molecule has 2 fully saturated rings. The average Bonchev–Trinajstić information content (AvgIpc) is 3.07. The number of anilines is 1. The van der Waals surface area contributed by atoms with Crippen molar-refractivity contribution >= 4 is 37.1 Å². The number of imide groups is 1. The molecule has 33 heavy (non-hydrogen) atoms. The lowest BCUT2D eigenvalue weighted by molar-refractivity contribution is -0.122. The van der Waals surface area contributed by atoms with Gasteiger partial charge in [0.2, 0.25) is 11.8 Å². The summed E-state index contributed by atoms with van der Waals surface area (Å²) in [6.07, 6.45) is 3.52. The first-order valence-corrected chi connectivity index (χ1v) is 14.3. The fourth-order valence-electron chi connectivity index (χ4n) is 5.37. The molecule has 0 radical (unpaired) electrons. The van der Waals surface area contributed by atoms with Crippen LogP contribution in [0.15, 0.2) is 41.7 Å². The second kappa shape index (κ2) is 10.3. The lowest BCUT2D eigenvalue weighted by Gasteiger charge is -2.41. The van der Waals surface area contributed by atoms with Gasteiger partial charge >= 0.3 is 7.82 Å². The van der Waals surface area contributed by atoms with E-state index < -0.39 is 24.9 Å². The first kappa shape index (κ1) is 24.5. The summed E-state index contributed by atoms with van der Waals surface area (Å²) in [6.45, 7) is 5.85. The number of phosphoric acid groups is 1. The third-order valence-corrected chi connectivity index (χ3v) is 9.31. The van der Waals surface area contributed by atoms with E-state index in [1.165, 1.54) is 4.90 Å². The van der Waals surface area contributed by atoms with Gasteiger partial charge in [-0.2, -0.15) is 0 Å². The van der Waals surface area contributed by atoms with E-state index in [1.54, 1.807) is 37.7 Å². The number of nitrogens with zero attached hydrogens (tertiary/aromatic N) is 1. The van der Waals surface area contributed by atoms with Crippen molar-refractivity contribution in [1.82, 2.24) is 0 Å². The Morgan fingerprint density at radius 3 is 2.30 bits per heavy atom. The van der Waals surface area contributed by atoms with Crippen LogP contribution in [0, 0.1) is 17.8 Å². The van der Waals surface area contributed by atoms with E-state index in [1.807, 2.05) is 25.1 Å². The highest BCUT2D eigenvalue weighted by Gasteiger charge is 2.60. The minimum atomic E-state index is -3.84. The second-order valence-electron chi connectivity index (χ2n) is 8.39. The van der Waals surface area contributed by atoms with E-state index in [4.69, 9.17) is 13.6 Å². The average molecular weight is 494 g/mol. The molecule has 2 amide bonds. The first-order valence-electron chi connectivity index (χ1n) is 11.8. The highest BCUT2D eigenvalue weighted by Crippen LogP contribution is 2.59. The Balaban J connectivity index is 1.80. The minimum absolute atomic E-state index is 0.102. The quantitative estimate of drug-likeness (QED) is 0.329. The van der Waals surface area contributed by atoms with Gasteiger partial charge < -0.3 is 4.52 Å². The molecule has 4 rings (SSSR count). The van der Waals surface area contributed by atoms with Crippen LogP contribution in [0.1, 0.15) is 46.5 Å². The third-order valence-electron chi connectivity index (χ3n) is 6.54. The number of rotatable bonds is 9. The van der Waals surface area contributed by atoms with E-state index >= 15 is 0 Å². The summed E-state index contributed by atoms with van der Waals surface area (Å²) >= 11 is 1.56. The summed E-state index contributed by atoms with van der Waals surface area (Å²) in [4.78, 5) is 28.8. The van der Waals surface area contributed by atoms with Crippen LogP contribution >= 0.6 is 19.6 Å². The standard InChI is InChI=1S/C24H32NO6PS/c1-4-29-32(28,30-5-2)31-21-18-15-11-10-14-17(18)19-20(22(21)33-6-3)24(27)25(23(19)26)16-12-8-7-9-13-16/h7-9,12-13,17,19-20,22H,4-6,10-11,14-15H2,1-3H3/t17-,19-,20-,22-/m0/s1. The van der Waals surface area contributed by atoms with Crippen LogP contribution in [0.5, 0.6) is 0 Å². The zero-order valence-corrected chi connectivity index (χ0v) is 21.1. The number of fused-ring (bicyclic) bond motifs is 3. The van der Waals surface area contributed by atoms with Crippen LogP contribution in [0.25, 0.3) is 0 Å². The van der Waals surface area contributed by atoms with Crippen molar-refractivity contribution in [2.75, 3.05) is 23.9 Å². The van der Waals surface area contributed by atoms with Gasteiger partial charge in [0.15, 0.2) is 0 Å². The molecule has 1 aromatic carbocycles. The molecule has 1 aromatic rings. The van der Waals surface area contributed by atoms with Crippen LogP contribution in [-0.2, 0) is 27.7 Å². The Hall–Kier alpha value is -1.60. The van der Waals surface area contributed by atoms with Gasteiger partial charge in [-0.3, -0.25) is 18.6 Å². The molecule has 2 aliphatic carbocycles. The van der Waals surface area contributed by atoms with Crippen molar-refractivity contribution in [3.63, 3.8) is 0 Å². The Morgan fingerprint density at radius 1 is 1.00 bits per heavy atom. The van der Waals surface area contributed by atoms with Crippen molar-refractivity contribution in [3.05, 3.63) is 41.7 Å². The summed E-state index contributed by atoms with van der Waals surface area (Å²) < 4.78 is 30.3. The number of thioether (sulfide) groups is 1. The Bertz CT molecular complexity index is 957. The van der Waals surface area contributed by atoms with Crippen molar-refractivity contribution in [2.45, 2.75) is 51.7 Å². The zero-order chi connectivity index (χ0) is 23.6. The third kappa shape index (κ3) is 4.55. The largest absolute Gasteiger partial charge is 0.529 e. The molecule has 1 aliphatic heterocycles. The minimum Gasteiger partial charge on any atom is -0.407 e. The van der Waals surface area contributed by atoms with E-state index in [9.17, 15) is 14.2 Å². The molecule has 4 atom stereocenters. The number of hydrogen-bond acceptors (Lipinski definition) is 7. The van der Waals surface area contributed by atoms with Gasteiger partial charge in [-0.05, 0) is 62.5 Å². The van der Waals surface area contributed by atoms with Gasteiger partial charge in [-0.25, -0.2) is 9.46 Å². The molecule has 1 saturated carbocycles. The fourth-order valence-corrected chi connectivity index (χ4v) is 7.93. The van der Waals surface area contributed by atoms with Gasteiger partial charge in [0.05, 0.1) is 36.0 Å². The molecule has 0 bridgehead atoms. The van der Waals surface area contributed by atoms with Crippen molar-refractivity contribution in [2.24, 2.45) is 17.8 Å². The molecule has 9 heteroatoms. The lowest BCUT2D eigenvalue weighted by Crippen LogP contribution is -2.42. The van der Waals surface area contributed by atoms with Crippen molar-refractivity contribution in [3.8, 4) is 0 Å². The summed E-state index contributed by atoms with van der Waals surface area (Å²) in [5.41, 5.74) is 1.60. The number of carbonyl (C=O) groups is 2. The molecular formula is C24H32NO6PS. The molecule has 1 saturated heterocycles. The lowest BCUT2D eigenvalue weighted by atomic mass is 9.66. The van der Waals surface area contributed by atoms with Gasteiger partial charge in [-0.15, -0.1) is 11.8 Å². The van der Waals surface area contributed by atoms with Crippen molar-refractivity contribution in [1.29, 1.82) is 0 Å². The molecule has 3 aliphatic rings. The number of amides is 2. The van der Waals surface area contributed by atoms with Crippen molar-refractivity contribution < 1.29 is 27.7 Å². The summed E-state index contributed by atoms with van der Waals surface area (Å²) in [6, 6.07) is 9.11. The maximum absolute atomic E-state index is 13.8. The summed E-state index contributed by atoms with van der Waals surface area (Å²) in [5, 5.41) is -0.413. The van der Waals surface area contributed by atoms with Crippen LogP contribution < -0.4 is 4.90 Å². The SMILES string of the molecule is CCOP(=O)(OCC)OC1=C2CCCC[C@@H]2[C@@H]2C(=O)N(c3ccccc3)C(=O)[C@@H]2[C@@H]1SCC. The summed E-state index contributed by atoms with van der Waals surface area (Å²) in [5.74, 6) is -0.193. The summed E-state index contributed by atoms with van der Waals surface area (Å²) in [7, 11) is -3.84. The maximum atomic E-state index is 13.8. The van der Waals surface area contributed by atoms with E-state index in [2.05, 4.69) is 0 Å². The van der Waals surface area contributed by atoms with Gasteiger partial charge in [0.25, 0.3) is 0 Å². The molecule has 0 unspecified atom stereocenters. The monoisotopic (exact) mass is 493 g/mol.